The van der Waals surface area contributed by atoms with Crippen molar-refractivity contribution in [3.8, 4) is 11.5 Å². The molecule has 0 bridgehead atoms. The molecular weight excluding hydrogens is 460 g/mol. The number of hydrogen-bond donors (Lipinski definition) is 2. The molecule has 0 atom stereocenters. The Bertz CT molecular complexity index is 1320. The third kappa shape index (κ3) is 5.29. The zero-order chi connectivity index (χ0) is 24.9. The Balaban J connectivity index is 1.97. The summed E-state index contributed by atoms with van der Waals surface area (Å²) in [7, 11) is 0.0867. The number of benzene rings is 3. The molecule has 178 valence electrons. The molecule has 0 aliphatic rings. The quantitative estimate of drug-likeness (QED) is 0.466. The zero-order valence-corrected chi connectivity index (χ0v) is 19.9. The fraction of sp³-hybridized carbons (Fsp3) is 0.167. The van der Waals surface area contributed by atoms with E-state index in [9.17, 15) is 18.0 Å². The number of hydrogen-bond acceptors (Lipinski definition) is 7. The highest BCUT2D eigenvalue weighted by molar-refractivity contribution is 7.92. The van der Waals surface area contributed by atoms with Gasteiger partial charge in [0.05, 0.1) is 48.7 Å². The highest BCUT2D eigenvalue weighted by Gasteiger charge is 2.22. The first-order valence-electron chi connectivity index (χ1n) is 10.0. The zero-order valence-electron chi connectivity index (χ0n) is 19.0. The summed E-state index contributed by atoms with van der Waals surface area (Å²) in [5.41, 5.74) is 1.16. The second-order valence-corrected chi connectivity index (χ2v) is 8.85. The number of para-hydroxylation sites is 1. The number of aryl methyl sites for hydroxylation is 1. The molecule has 0 saturated heterocycles. The minimum atomic E-state index is -3.94. The van der Waals surface area contributed by atoms with Crippen molar-refractivity contribution in [1.82, 2.24) is 0 Å². The third-order valence-electron chi connectivity index (χ3n) is 4.92. The van der Waals surface area contributed by atoms with Crippen molar-refractivity contribution in [2.75, 3.05) is 31.4 Å². The molecule has 10 heteroatoms. The van der Waals surface area contributed by atoms with Crippen LogP contribution in [0.15, 0.2) is 65.6 Å². The molecule has 0 heterocycles. The number of sulfonamides is 1. The maximum absolute atomic E-state index is 13.1. The molecule has 9 nitrogen and oxygen atoms in total. The van der Waals surface area contributed by atoms with E-state index in [-0.39, 0.29) is 38.9 Å². The van der Waals surface area contributed by atoms with E-state index in [2.05, 4.69) is 10.0 Å². The molecular formula is C24H24N2O7S. The van der Waals surface area contributed by atoms with Crippen LogP contribution in [0.3, 0.4) is 0 Å². The Morgan fingerprint density at radius 2 is 1.41 bits per heavy atom. The van der Waals surface area contributed by atoms with E-state index in [0.717, 1.165) is 5.56 Å². The summed E-state index contributed by atoms with van der Waals surface area (Å²) < 4.78 is 43.4. The van der Waals surface area contributed by atoms with Gasteiger partial charge in [-0.15, -0.1) is 0 Å². The van der Waals surface area contributed by atoms with Gasteiger partial charge in [-0.3, -0.25) is 9.52 Å². The number of amides is 1. The van der Waals surface area contributed by atoms with E-state index in [1.807, 2.05) is 6.92 Å². The Labute approximate surface area is 197 Å². The Morgan fingerprint density at radius 3 is 2.03 bits per heavy atom. The molecule has 0 aliphatic carbocycles. The van der Waals surface area contributed by atoms with Gasteiger partial charge in [-0.05, 0) is 31.2 Å². The molecule has 0 aromatic heterocycles. The minimum Gasteiger partial charge on any atom is -0.493 e. The molecule has 34 heavy (non-hydrogen) atoms. The number of carbonyl (C=O) groups is 2. The molecule has 1 amide bonds. The lowest BCUT2D eigenvalue weighted by Crippen LogP contribution is -2.20. The van der Waals surface area contributed by atoms with E-state index in [4.69, 9.17) is 14.2 Å². The lowest BCUT2D eigenvalue weighted by atomic mass is 10.1. The number of carbonyl (C=O) groups excluding carboxylic acids is 2. The SMILES string of the molecule is COC(=O)c1cc(OC)c(OC)cc1NC(=O)c1ccccc1NS(=O)(=O)c1ccc(C)cc1. The first kappa shape index (κ1) is 24.6. The molecule has 0 fully saturated rings. The van der Waals surface area contributed by atoms with E-state index < -0.39 is 21.9 Å². The van der Waals surface area contributed by atoms with Crippen LogP contribution in [-0.2, 0) is 14.8 Å². The summed E-state index contributed by atoms with van der Waals surface area (Å²) in [5, 5.41) is 2.63. The van der Waals surface area contributed by atoms with Crippen molar-refractivity contribution in [2.24, 2.45) is 0 Å². The molecule has 0 unspecified atom stereocenters. The molecule has 3 aromatic rings. The fourth-order valence-electron chi connectivity index (χ4n) is 3.14. The van der Waals surface area contributed by atoms with Gasteiger partial charge < -0.3 is 19.5 Å². The molecule has 3 aromatic carbocycles. The summed E-state index contributed by atoms with van der Waals surface area (Å²) in [6.45, 7) is 1.85. The van der Waals surface area contributed by atoms with E-state index in [1.54, 1.807) is 24.3 Å². The number of ether oxygens (including phenoxy) is 3. The predicted octanol–water partition coefficient (Wildman–Crippen LogP) is 3.85. The van der Waals surface area contributed by atoms with Crippen LogP contribution in [0.25, 0.3) is 0 Å². The lowest BCUT2D eigenvalue weighted by molar-refractivity contribution is 0.0601. The van der Waals surface area contributed by atoms with Crippen LogP contribution in [0.4, 0.5) is 11.4 Å². The summed E-state index contributed by atoms with van der Waals surface area (Å²) in [6, 6.07) is 15.2. The molecule has 0 saturated carbocycles. The van der Waals surface area contributed by atoms with Crippen LogP contribution in [-0.4, -0.2) is 41.6 Å². The smallest absolute Gasteiger partial charge is 0.340 e. The summed E-state index contributed by atoms with van der Waals surface area (Å²) >= 11 is 0. The summed E-state index contributed by atoms with van der Waals surface area (Å²) in [6.07, 6.45) is 0. The van der Waals surface area contributed by atoms with Gasteiger partial charge in [0.15, 0.2) is 11.5 Å². The molecule has 0 spiro atoms. The highest BCUT2D eigenvalue weighted by atomic mass is 32.2. The first-order chi connectivity index (χ1) is 16.2. The standard InChI is InChI=1S/C24H24N2O7S/c1-15-9-11-16(12-10-15)34(29,30)26-19-8-6-5-7-17(19)23(27)25-20-14-22(32-3)21(31-2)13-18(20)24(28)33-4/h5-14,26H,1-4H3,(H,25,27). The third-order valence-corrected chi connectivity index (χ3v) is 6.31. The Hall–Kier alpha value is -4.05. The topological polar surface area (TPSA) is 120 Å². The second-order valence-electron chi connectivity index (χ2n) is 7.16. The van der Waals surface area contributed by atoms with Gasteiger partial charge in [-0.2, -0.15) is 0 Å². The Morgan fingerprint density at radius 1 is 0.794 bits per heavy atom. The minimum absolute atomic E-state index is 0.0335. The number of anilines is 2. The highest BCUT2D eigenvalue weighted by Crippen LogP contribution is 2.34. The van der Waals surface area contributed by atoms with Crippen LogP contribution in [0.2, 0.25) is 0 Å². The van der Waals surface area contributed by atoms with Crippen LogP contribution in [0, 0.1) is 6.92 Å². The maximum Gasteiger partial charge on any atom is 0.340 e. The summed E-state index contributed by atoms with van der Waals surface area (Å²) in [5.74, 6) is -0.810. The van der Waals surface area contributed by atoms with Crippen molar-refractivity contribution in [1.29, 1.82) is 0 Å². The van der Waals surface area contributed by atoms with E-state index in [1.165, 1.54) is 57.7 Å². The van der Waals surface area contributed by atoms with E-state index >= 15 is 0 Å². The van der Waals surface area contributed by atoms with Crippen molar-refractivity contribution < 1.29 is 32.2 Å². The average Bonchev–Trinajstić information content (AvgIpc) is 2.83. The van der Waals surface area contributed by atoms with Crippen LogP contribution in [0.1, 0.15) is 26.3 Å². The van der Waals surface area contributed by atoms with Crippen molar-refractivity contribution in [3.63, 3.8) is 0 Å². The van der Waals surface area contributed by atoms with Crippen molar-refractivity contribution in [2.45, 2.75) is 11.8 Å². The van der Waals surface area contributed by atoms with E-state index in [0.29, 0.717) is 0 Å². The van der Waals surface area contributed by atoms with Gasteiger partial charge in [0, 0.05) is 12.1 Å². The van der Waals surface area contributed by atoms with Crippen LogP contribution >= 0.6 is 0 Å². The maximum atomic E-state index is 13.1. The van der Waals surface area contributed by atoms with Gasteiger partial charge in [0.25, 0.3) is 15.9 Å². The number of methoxy groups -OCH3 is 3. The average molecular weight is 485 g/mol. The second kappa shape index (κ2) is 10.3. The first-order valence-corrected chi connectivity index (χ1v) is 11.5. The molecule has 3 rings (SSSR count). The predicted molar refractivity (Wildman–Crippen MR) is 127 cm³/mol. The summed E-state index contributed by atoms with van der Waals surface area (Å²) in [4.78, 5) is 25.5. The lowest BCUT2D eigenvalue weighted by Gasteiger charge is -2.16. The van der Waals surface area contributed by atoms with Crippen LogP contribution in [0.5, 0.6) is 11.5 Å². The fourth-order valence-corrected chi connectivity index (χ4v) is 4.22. The number of rotatable bonds is 8. The number of nitrogens with one attached hydrogen (secondary N) is 2. The normalized spacial score (nSPS) is 10.8. The monoisotopic (exact) mass is 484 g/mol. The molecule has 0 radical (unpaired) electrons. The Kier molecular flexibility index (Phi) is 7.42. The van der Waals surface area contributed by atoms with Gasteiger partial charge in [0.2, 0.25) is 0 Å². The van der Waals surface area contributed by atoms with Gasteiger partial charge >= 0.3 is 5.97 Å². The molecule has 2 N–H and O–H groups in total. The van der Waals surface area contributed by atoms with Gasteiger partial charge in [-0.25, -0.2) is 13.2 Å². The largest absolute Gasteiger partial charge is 0.493 e. The van der Waals surface area contributed by atoms with Gasteiger partial charge in [0.1, 0.15) is 0 Å². The molecule has 0 aliphatic heterocycles. The van der Waals surface area contributed by atoms with Crippen LogP contribution < -0.4 is 19.5 Å². The van der Waals surface area contributed by atoms with Crippen molar-refractivity contribution in [3.05, 3.63) is 77.4 Å². The van der Waals surface area contributed by atoms with Crippen molar-refractivity contribution >= 4 is 33.3 Å². The number of esters is 1. The van der Waals surface area contributed by atoms with Gasteiger partial charge in [-0.1, -0.05) is 29.8 Å².